The monoisotopic (exact) mass is 415 g/mol. The highest BCUT2D eigenvalue weighted by atomic mass is 35.5. The van der Waals surface area contributed by atoms with Gasteiger partial charge in [0.15, 0.2) is 15.0 Å². The van der Waals surface area contributed by atoms with E-state index in [1.165, 1.54) is 11.8 Å². The zero-order valence-corrected chi connectivity index (χ0v) is 17.1. The third-order valence-corrected chi connectivity index (χ3v) is 7.94. The molecule has 0 radical (unpaired) electrons. The molecule has 1 aromatic carbocycles. The third-order valence-electron chi connectivity index (χ3n) is 4.47. The van der Waals surface area contributed by atoms with Crippen LogP contribution in [-0.2, 0) is 9.84 Å². The lowest BCUT2D eigenvalue weighted by atomic mass is 10.1. The number of nitrogens with one attached hydrogen (secondary N) is 1. The van der Waals surface area contributed by atoms with Crippen LogP contribution in [0.25, 0.3) is 0 Å². The van der Waals surface area contributed by atoms with E-state index in [1.807, 2.05) is 0 Å². The summed E-state index contributed by atoms with van der Waals surface area (Å²) in [6.07, 6.45) is 1.99. The summed E-state index contributed by atoms with van der Waals surface area (Å²) in [6, 6.07) is 4.93. The van der Waals surface area contributed by atoms with Gasteiger partial charge in [-0.15, -0.1) is 0 Å². The van der Waals surface area contributed by atoms with Crippen molar-refractivity contribution in [2.24, 2.45) is 4.99 Å². The topological polar surface area (TPSA) is 78.8 Å². The number of hydrogen-bond acceptors (Lipinski definition) is 6. The van der Waals surface area contributed by atoms with Crippen LogP contribution in [0.2, 0.25) is 5.02 Å². The molecule has 0 bridgehead atoms. The number of fused-ring (bicyclic) bond motifs is 1. The molecule has 2 aliphatic heterocycles. The number of hydrogen-bond donors (Lipinski definition) is 1. The van der Waals surface area contributed by atoms with Gasteiger partial charge in [-0.1, -0.05) is 36.7 Å². The lowest BCUT2D eigenvalue weighted by molar-refractivity contribution is 0.0793. The Kier molecular flexibility index (Phi) is 5.84. The summed E-state index contributed by atoms with van der Waals surface area (Å²) in [5.74, 6) is 0.206. The maximum absolute atomic E-state index is 12.5. The normalized spacial score (nSPS) is 23.4. The van der Waals surface area contributed by atoms with Gasteiger partial charge in [0.25, 0.3) is 5.91 Å². The van der Waals surface area contributed by atoms with Crippen molar-refractivity contribution in [3.8, 4) is 0 Å². The number of amidine groups is 1. The minimum absolute atomic E-state index is 0.0359. The van der Waals surface area contributed by atoms with Crippen LogP contribution in [0.1, 0.15) is 30.1 Å². The van der Waals surface area contributed by atoms with Gasteiger partial charge in [0.2, 0.25) is 0 Å². The Balaban J connectivity index is 1.72. The van der Waals surface area contributed by atoms with Crippen molar-refractivity contribution in [3.05, 3.63) is 28.8 Å². The minimum Gasteiger partial charge on any atom is -0.342 e. The summed E-state index contributed by atoms with van der Waals surface area (Å²) in [5.41, 5.74) is 1.16. The molecule has 2 atom stereocenters. The van der Waals surface area contributed by atoms with Crippen molar-refractivity contribution >= 4 is 50.0 Å². The molecule has 9 heteroatoms. The van der Waals surface area contributed by atoms with E-state index in [9.17, 15) is 13.2 Å². The second kappa shape index (κ2) is 7.78. The first-order valence-electron chi connectivity index (χ1n) is 8.56. The van der Waals surface area contributed by atoms with Crippen LogP contribution in [0.3, 0.4) is 0 Å². The van der Waals surface area contributed by atoms with Gasteiger partial charge in [-0.2, -0.15) is 0 Å². The molecule has 1 fully saturated rings. The van der Waals surface area contributed by atoms with Gasteiger partial charge in [-0.25, -0.2) is 8.42 Å². The molecular formula is C17H22ClN3O3S2. The summed E-state index contributed by atoms with van der Waals surface area (Å²) in [7, 11) is -1.19. The molecule has 26 heavy (non-hydrogen) atoms. The van der Waals surface area contributed by atoms with E-state index in [0.717, 1.165) is 12.8 Å². The van der Waals surface area contributed by atoms with Gasteiger partial charge < -0.3 is 10.2 Å². The summed E-state index contributed by atoms with van der Waals surface area (Å²) in [6.45, 7) is 2.80. The number of rotatable bonds is 5. The lowest BCUT2D eigenvalue weighted by Gasteiger charge is -2.18. The maximum Gasteiger partial charge on any atom is 0.253 e. The van der Waals surface area contributed by atoms with E-state index in [0.29, 0.717) is 28.0 Å². The van der Waals surface area contributed by atoms with Crippen LogP contribution >= 0.6 is 23.4 Å². The number of benzene rings is 1. The first-order chi connectivity index (χ1) is 12.3. The van der Waals surface area contributed by atoms with Crippen molar-refractivity contribution in [1.29, 1.82) is 0 Å². The standard InChI is InChI=1S/C17H22ClN3O3S2/c1-3-4-7-21(2)16(22)11-5-6-12(18)13(8-11)19-17-20-14-9-26(23,24)10-15(14)25-17/h5-6,8,14-15H,3-4,7,9-10H2,1-2H3,(H,19,20). The molecule has 0 saturated carbocycles. The minimum atomic E-state index is -2.98. The third kappa shape index (κ3) is 4.35. The van der Waals surface area contributed by atoms with Crippen LogP contribution in [0.5, 0.6) is 0 Å². The van der Waals surface area contributed by atoms with Gasteiger partial charge >= 0.3 is 0 Å². The van der Waals surface area contributed by atoms with Crippen LogP contribution in [0.15, 0.2) is 23.2 Å². The van der Waals surface area contributed by atoms with Crippen molar-refractivity contribution in [3.63, 3.8) is 0 Å². The number of anilines is 1. The summed E-state index contributed by atoms with van der Waals surface area (Å²) >= 11 is 7.69. The molecule has 2 aliphatic rings. The lowest BCUT2D eigenvalue weighted by Crippen LogP contribution is -2.27. The number of amides is 1. The maximum atomic E-state index is 12.5. The largest absolute Gasteiger partial charge is 0.342 e. The highest BCUT2D eigenvalue weighted by Crippen LogP contribution is 2.35. The zero-order valence-electron chi connectivity index (χ0n) is 14.7. The van der Waals surface area contributed by atoms with Gasteiger partial charge in [0.1, 0.15) is 0 Å². The van der Waals surface area contributed by atoms with E-state index in [-0.39, 0.29) is 28.7 Å². The average molecular weight is 416 g/mol. The fourth-order valence-electron chi connectivity index (χ4n) is 3.00. The van der Waals surface area contributed by atoms with E-state index in [4.69, 9.17) is 11.6 Å². The Bertz CT molecular complexity index is 842. The fourth-order valence-corrected chi connectivity index (χ4v) is 6.84. The second-order valence-corrected chi connectivity index (χ2v) is 10.4. The van der Waals surface area contributed by atoms with Crippen LogP contribution < -0.4 is 5.32 Å². The second-order valence-electron chi connectivity index (χ2n) is 6.63. The Hall–Kier alpha value is -1.25. The zero-order chi connectivity index (χ0) is 18.9. The number of unbranched alkanes of at least 4 members (excludes halogenated alkanes) is 1. The van der Waals surface area contributed by atoms with Crippen LogP contribution in [0.4, 0.5) is 5.69 Å². The Labute approximate surface area is 163 Å². The number of halogens is 1. The quantitative estimate of drug-likeness (QED) is 0.799. The predicted octanol–water partition coefficient (Wildman–Crippen LogP) is 2.89. The van der Waals surface area contributed by atoms with Crippen molar-refractivity contribution in [2.75, 3.05) is 30.4 Å². The summed E-state index contributed by atoms with van der Waals surface area (Å²) in [5, 5.41) is 4.27. The Morgan fingerprint density at radius 1 is 1.42 bits per heavy atom. The van der Waals surface area contributed by atoms with Gasteiger partial charge in [-0.3, -0.25) is 9.79 Å². The number of nitrogens with zero attached hydrogens (tertiary/aromatic N) is 2. The molecule has 1 saturated heterocycles. The molecule has 6 nitrogen and oxygen atoms in total. The first-order valence-corrected chi connectivity index (χ1v) is 11.6. The van der Waals surface area contributed by atoms with E-state index >= 15 is 0 Å². The fraction of sp³-hybridized carbons (Fsp3) is 0.529. The highest BCUT2D eigenvalue weighted by Gasteiger charge is 2.42. The molecule has 2 unspecified atom stereocenters. The Morgan fingerprint density at radius 3 is 2.88 bits per heavy atom. The van der Waals surface area contributed by atoms with Crippen LogP contribution in [0, 0.1) is 0 Å². The van der Waals surface area contributed by atoms with Gasteiger partial charge in [0.05, 0.1) is 28.3 Å². The number of sulfone groups is 1. The molecule has 0 spiro atoms. The van der Waals surface area contributed by atoms with Crippen LogP contribution in [-0.4, -0.2) is 60.8 Å². The first kappa shape index (κ1) is 19.5. The summed E-state index contributed by atoms with van der Waals surface area (Å²) in [4.78, 5) is 18.7. The molecule has 1 aromatic rings. The molecule has 0 aromatic heterocycles. The SMILES string of the molecule is CCCCN(C)C(=O)c1ccc(Cl)c(NC2=NC3CS(=O)(=O)CC3S2)c1. The Morgan fingerprint density at radius 2 is 2.19 bits per heavy atom. The van der Waals surface area contributed by atoms with Gasteiger partial charge in [0, 0.05) is 24.4 Å². The number of carbonyl (C=O) groups is 1. The molecular weight excluding hydrogens is 394 g/mol. The number of thioether (sulfide) groups is 1. The molecule has 1 N–H and O–H groups in total. The molecule has 1 amide bonds. The molecule has 0 aliphatic carbocycles. The predicted molar refractivity (Wildman–Crippen MR) is 108 cm³/mol. The van der Waals surface area contributed by atoms with E-state index in [1.54, 1.807) is 30.1 Å². The highest BCUT2D eigenvalue weighted by molar-refractivity contribution is 8.15. The summed E-state index contributed by atoms with van der Waals surface area (Å²) < 4.78 is 23.3. The van der Waals surface area contributed by atoms with Crippen molar-refractivity contribution in [1.82, 2.24) is 4.90 Å². The molecule has 3 rings (SSSR count). The van der Waals surface area contributed by atoms with Gasteiger partial charge in [-0.05, 0) is 24.6 Å². The van der Waals surface area contributed by atoms with E-state index in [2.05, 4.69) is 17.2 Å². The number of aliphatic imine (C=N–C) groups is 1. The molecule has 2 heterocycles. The smallest absolute Gasteiger partial charge is 0.253 e. The van der Waals surface area contributed by atoms with E-state index < -0.39 is 9.84 Å². The average Bonchev–Trinajstić information content (AvgIpc) is 3.06. The van der Waals surface area contributed by atoms with Crippen molar-refractivity contribution in [2.45, 2.75) is 31.1 Å². The van der Waals surface area contributed by atoms with Crippen molar-refractivity contribution < 1.29 is 13.2 Å². The molecule has 142 valence electrons. The number of carbonyl (C=O) groups excluding carboxylic acids is 1.